The van der Waals surface area contributed by atoms with Crippen molar-refractivity contribution in [2.24, 2.45) is 0 Å². The summed E-state index contributed by atoms with van der Waals surface area (Å²) in [5.41, 5.74) is 1.66. The molecule has 0 unspecified atom stereocenters. The Morgan fingerprint density at radius 2 is 2.19 bits per heavy atom. The fraction of sp³-hybridized carbons (Fsp3) is 0.154. The van der Waals surface area contributed by atoms with E-state index in [-0.39, 0.29) is 0 Å². The SMILES string of the molecule is CCO/C=C/c1ccc2cccc(Cl)c2n1. The minimum Gasteiger partial charge on any atom is -0.501 e. The van der Waals surface area contributed by atoms with Crippen molar-refractivity contribution in [1.29, 1.82) is 0 Å². The number of ether oxygens (including phenoxy) is 1. The third-order valence-electron chi connectivity index (χ3n) is 2.19. The van der Waals surface area contributed by atoms with E-state index in [4.69, 9.17) is 16.3 Å². The number of nitrogens with zero attached hydrogens (tertiary/aromatic N) is 1. The van der Waals surface area contributed by atoms with Crippen LogP contribution in [0.15, 0.2) is 36.6 Å². The zero-order chi connectivity index (χ0) is 11.4. The molecule has 1 heterocycles. The number of pyridine rings is 1. The van der Waals surface area contributed by atoms with E-state index in [0.29, 0.717) is 11.6 Å². The predicted molar refractivity (Wildman–Crippen MR) is 67.4 cm³/mol. The standard InChI is InChI=1S/C13H12ClNO/c1-2-16-9-8-11-7-6-10-4-3-5-12(14)13(10)15-11/h3-9H,2H2,1H3/b9-8+. The summed E-state index contributed by atoms with van der Waals surface area (Å²) in [7, 11) is 0. The van der Waals surface area contributed by atoms with Crippen molar-refractivity contribution in [1.82, 2.24) is 4.98 Å². The fourth-order valence-corrected chi connectivity index (χ4v) is 1.66. The number of fused-ring (bicyclic) bond motifs is 1. The Bertz CT molecular complexity index is 522. The molecule has 0 fully saturated rings. The maximum atomic E-state index is 6.07. The lowest BCUT2D eigenvalue weighted by atomic mass is 10.2. The van der Waals surface area contributed by atoms with Crippen molar-refractivity contribution in [3.05, 3.63) is 47.3 Å². The Morgan fingerprint density at radius 1 is 1.31 bits per heavy atom. The van der Waals surface area contributed by atoms with Crippen molar-refractivity contribution in [3.8, 4) is 0 Å². The summed E-state index contributed by atoms with van der Waals surface area (Å²) in [5.74, 6) is 0. The summed E-state index contributed by atoms with van der Waals surface area (Å²) >= 11 is 6.07. The van der Waals surface area contributed by atoms with Gasteiger partial charge in [0.1, 0.15) is 0 Å². The second-order valence-corrected chi connectivity index (χ2v) is 3.71. The molecule has 3 heteroatoms. The molecule has 2 aromatic rings. The number of rotatable bonds is 3. The van der Waals surface area contributed by atoms with Gasteiger partial charge in [-0.15, -0.1) is 0 Å². The molecule has 0 atom stereocenters. The number of aromatic nitrogens is 1. The highest BCUT2D eigenvalue weighted by atomic mass is 35.5. The van der Waals surface area contributed by atoms with Gasteiger partial charge in [-0.25, -0.2) is 4.98 Å². The van der Waals surface area contributed by atoms with Crippen molar-refractivity contribution >= 4 is 28.6 Å². The normalized spacial score (nSPS) is 11.1. The van der Waals surface area contributed by atoms with Gasteiger partial charge >= 0.3 is 0 Å². The van der Waals surface area contributed by atoms with Crippen LogP contribution in [-0.2, 0) is 4.74 Å². The van der Waals surface area contributed by atoms with Crippen LogP contribution in [0.4, 0.5) is 0 Å². The number of benzene rings is 1. The molecule has 82 valence electrons. The molecule has 0 radical (unpaired) electrons. The number of hydrogen-bond acceptors (Lipinski definition) is 2. The summed E-state index contributed by atoms with van der Waals surface area (Å²) in [6.07, 6.45) is 3.47. The summed E-state index contributed by atoms with van der Waals surface area (Å²) in [5, 5.41) is 1.71. The molecule has 0 N–H and O–H groups in total. The highest BCUT2D eigenvalue weighted by Crippen LogP contribution is 2.21. The lowest BCUT2D eigenvalue weighted by Gasteiger charge is -2.00. The molecule has 2 rings (SSSR count). The van der Waals surface area contributed by atoms with E-state index < -0.39 is 0 Å². The second kappa shape index (κ2) is 4.99. The average molecular weight is 234 g/mol. The summed E-state index contributed by atoms with van der Waals surface area (Å²) in [6.45, 7) is 2.60. The molecule has 1 aromatic carbocycles. The number of para-hydroxylation sites is 1. The maximum Gasteiger partial charge on any atom is 0.0895 e. The minimum atomic E-state index is 0.658. The lowest BCUT2D eigenvalue weighted by molar-refractivity contribution is 0.272. The van der Waals surface area contributed by atoms with Gasteiger partial charge in [-0.1, -0.05) is 29.8 Å². The molecule has 0 aliphatic carbocycles. The molecule has 1 aromatic heterocycles. The van der Waals surface area contributed by atoms with Gasteiger partial charge < -0.3 is 4.74 Å². The molecule has 16 heavy (non-hydrogen) atoms. The first kappa shape index (κ1) is 11.0. The quantitative estimate of drug-likeness (QED) is 0.751. The molecule has 0 bridgehead atoms. The van der Waals surface area contributed by atoms with Crippen LogP contribution >= 0.6 is 11.6 Å². The predicted octanol–water partition coefficient (Wildman–Crippen LogP) is 3.90. The summed E-state index contributed by atoms with van der Waals surface area (Å²) in [4.78, 5) is 4.45. The molecule has 0 spiro atoms. The van der Waals surface area contributed by atoms with Gasteiger partial charge in [0, 0.05) is 5.39 Å². The van der Waals surface area contributed by atoms with Crippen LogP contribution in [0, 0.1) is 0 Å². The zero-order valence-electron chi connectivity index (χ0n) is 8.98. The molecular formula is C13H12ClNO. The van der Waals surface area contributed by atoms with Crippen LogP contribution in [0.1, 0.15) is 12.6 Å². The van der Waals surface area contributed by atoms with E-state index in [1.807, 2.05) is 43.3 Å². The van der Waals surface area contributed by atoms with E-state index in [1.165, 1.54) is 0 Å². The van der Waals surface area contributed by atoms with Crippen molar-refractivity contribution in [2.45, 2.75) is 6.92 Å². The van der Waals surface area contributed by atoms with Crippen LogP contribution in [0.5, 0.6) is 0 Å². The smallest absolute Gasteiger partial charge is 0.0895 e. The molecular weight excluding hydrogens is 222 g/mol. The van der Waals surface area contributed by atoms with Crippen molar-refractivity contribution in [2.75, 3.05) is 6.61 Å². The van der Waals surface area contributed by atoms with Crippen LogP contribution in [-0.4, -0.2) is 11.6 Å². The van der Waals surface area contributed by atoms with Crippen LogP contribution in [0.2, 0.25) is 5.02 Å². The van der Waals surface area contributed by atoms with Gasteiger partial charge in [0.15, 0.2) is 0 Å². The second-order valence-electron chi connectivity index (χ2n) is 3.31. The zero-order valence-corrected chi connectivity index (χ0v) is 9.74. The van der Waals surface area contributed by atoms with Crippen LogP contribution < -0.4 is 0 Å². The third kappa shape index (κ3) is 2.34. The fourth-order valence-electron chi connectivity index (χ4n) is 1.43. The van der Waals surface area contributed by atoms with Crippen molar-refractivity contribution in [3.63, 3.8) is 0 Å². The Morgan fingerprint density at radius 3 is 3.00 bits per heavy atom. The van der Waals surface area contributed by atoms with Crippen LogP contribution in [0.25, 0.3) is 17.0 Å². The number of hydrogen-bond donors (Lipinski definition) is 0. The minimum absolute atomic E-state index is 0.658. The molecule has 0 aliphatic heterocycles. The van der Waals surface area contributed by atoms with Gasteiger partial charge in [-0.3, -0.25) is 0 Å². The average Bonchev–Trinajstić information content (AvgIpc) is 2.30. The first-order valence-electron chi connectivity index (χ1n) is 5.14. The Balaban J connectivity index is 2.39. The Hall–Kier alpha value is -1.54. The lowest BCUT2D eigenvalue weighted by Crippen LogP contribution is -1.85. The highest BCUT2D eigenvalue weighted by Gasteiger charge is 1.99. The topological polar surface area (TPSA) is 22.1 Å². The summed E-state index contributed by atoms with van der Waals surface area (Å²) in [6, 6.07) is 9.69. The van der Waals surface area contributed by atoms with E-state index in [9.17, 15) is 0 Å². The number of halogens is 1. The van der Waals surface area contributed by atoms with E-state index in [2.05, 4.69) is 4.98 Å². The van der Waals surface area contributed by atoms with Crippen LogP contribution in [0.3, 0.4) is 0 Å². The van der Waals surface area contributed by atoms with Gasteiger partial charge in [0.2, 0.25) is 0 Å². The highest BCUT2D eigenvalue weighted by molar-refractivity contribution is 6.35. The third-order valence-corrected chi connectivity index (χ3v) is 2.50. The Labute approximate surface area is 99.5 Å². The largest absolute Gasteiger partial charge is 0.501 e. The Kier molecular flexibility index (Phi) is 3.42. The van der Waals surface area contributed by atoms with Gasteiger partial charge in [0.05, 0.1) is 29.1 Å². The molecule has 0 saturated carbocycles. The van der Waals surface area contributed by atoms with Gasteiger partial charge in [-0.2, -0.15) is 0 Å². The van der Waals surface area contributed by atoms with E-state index in [1.54, 1.807) is 6.26 Å². The maximum absolute atomic E-state index is 6.07. The molecule has 0 saturated heterocycles. The monoisotopic (exact) mass is 233 g/mol. The van der Waals surface area contributed by atoms with E-state index >= 15 is 0 Å². The molecule has 2 nitrogen and oxygen atoms in total. The first-order valence-corrected chi connectivity index (χ1v) is 5.52. The summed E-state index contributed by atoms with van der Waals surface area (Å²) < 4.78 is 5.13. The van der Waals surface area contributed by atoms with Gasteiger partial charge in [-0.05, 0) is 25.1 Å². The van der Waals surface area contributed by atoms with E-state index in [0.717, 1.165) is 16.6 Å². The first-order chi connectivity index (χ1) is 7.81. The molecule has 0 aliphatic rings. The van der Waals surface area contributed by atoms with Crippen molar-refractivity contribution < 1.29 is 4.74 Å². The van der Waals surface area contributed by atoms with Gasteiger partial charge in [0.25, 0.3) is 0 Å². The molecule has 0 amide bonds.